The molecule has 1 aromatic carbocycles. The highest BCUT2D eigenvalue weighted by atomic mass is 16.4. The summed E-state index contributed by atoms with van der Waals surface area (Å²) in [7, 11) is 0. The third-order valence-corrected chi connectivity index (χ3v) is 6.08. The van der Waals surface area contributed by atoms with Crippen molar-refractivity contribution in [2.45, 2.75) is 32.1 Å². The van der Waals surface area contributed by atoms with E-state index < -0.39 is 5.97 Å². The molecule has 6 heteroatoms. The quantitative estimate of drug-likeness (QED) is 0.902. The summed E-state index contributed by atoms with van der Waals surface area (Å²) < 4.78 is 1.79. The Hall–Kier alpha value is -2.63. The molecule has 1 N–H and O–H groups in total. The molecule has 142 valence electrons. The summed E-state index contributed by atoms with van der Waals surface area (Å²) >= 11 is 0. The van der Waals surface area contributed by atoms with Gasteiger partial charge in [-0.2, -0.15) is 5.10 Å². The van der Waals surface area contributed by atoms with Gasteiger partial charge in [-0.1, -0.05) is 18.2 Å². The Morgan fingerprint density at radius 1 is 1.11 bits per heavy atom. The average Bonchev–Trinajstić information content (AvgIpc) is 3.16. The molecule has 3 atom stereocenters. The molecule has 27 heavy (non-hydrogen) atoms. The van der Waals surface area contributed by atoms with Gasteiger partial charge < -0.3 is 10.0 Å². The van der Waals surface area contributed by atoms with Crippen molar-refractivity contribution in [3.8, 4) is 5.69 Å². The number of hydrogen-bond donors (Lipinski definition) is 1. The van der Waals surface area contributed by atoms with Crippen molar-refractivity contribution < 1.29 is 14.7 Å². The second-order valence-corrected chi connectivity index (χ2v) is 7.80. The van der Waals surface area contributed by atoms with E-state index in [0.29, 0.717) is 18.3 Å². The first-order chi connectivity index (χ1) is 13.1. The molecule has 2 heterocycles. The number of carboxylic acid groups (broad SMARTS) is 1. The van der Waals surface area contributed by atoms with Crippen molar-refractivity contribution >= 4 is 11.9 Å². The molecule has 1 amide bonds. The molecule has 3 unspecified atom stereocenters. The highest BCUT2D eigenvalue weighted by Gasteiger charge is 2.38. The van der Waals surface area contributed by atoms with Gasteiger partial charge in [0.15, 0.2) is 0 Å². The Balaban J connectivity index is 1.35. The zero-order valence-corrected chi connectivity index (χ0v) is 15.3. The molecule has 1 aromatic heterocycles. The monoisotopic (exact) mass is 367 g/mol. The van der Waals surface area contributed by atoms with Gasteiger partial charge in [-0.05, 0) is 55.2 Å². The number of para-hydroxylation sites is 1. The number of likely N-dealkylation sites (tertiary alicyclic amines) is 1. The van der Waals surface area contributed by atoms with Gasteiger partial charge >= 0.3 is 5.97 Å². The van der Waals surface area contributed by atoms with Crippen LogP contribution in [0.15, 0.2) is 42.7 Å². The highest BCUT2D eigenvalue weighted by Crippen LogP contribution is 2.39. The third-order valence-electron chi connectivity index (χ3n) is 6.08. The molecule has 2 aromatic rings. The van der Waals surface area contributed by atoms with Gasteiger partial charge in [-0.25, -0.2) is 4.68 Å². The Morgan fingerprint density at radius 2 is 1.93 bits per heavy atom. The zero-order valence-electron chi connectivity index (χ0n) is 15.3. The maximum Gasteiger partial charge on any atom is 0.306 e. The van der Waals surface area contributed by atoms with Crippen LogP contribution in [-0.2, 0) is 16.0 Å². The normalized spacial score (nSPS) is 25.0. The molecule has 4 rings (SSSR count). The fraction of sp³-hybridized carbons (Fsp3) is 0.476. The predicted octanol–water partition coefficient (Wildman–Crippen LogP) is 2.76. The largest absolute Gasteiger partial charge is 0.481 e. The Bertz CT molecular complexity index is 817. The van der Waals surface area contributed by atoms with Gasteiger partial charge in [0, 0.05) is 19.3 Å². The fourth-order valence-corrected chi connectivity index (χ4v) is 4.53. The number of aromatic nitrogens is 2. The number of amides is 1. The summed E-state index contributed by atoms with van der Waals surface area (Å²) in [4.78, 5) is 26.0. The molecular weight excluding hydrogens is 342 g/mol. The minimum atomic E-state index is -0.664. The molecule has 1 aliphatic heterocycles. The van der Waals surface area contributed by atoms with E-state index in [1.807, 2.05) is 41.4 Å². The van der Waals surface area contributed by atoms with E-state index >= 15 is 0 Å². The van der Waals surface area contributed by atoms with Crippen molar-refractivity contribution in [1.29, 1.82) is 0 Å². The van der Waals surface area contributed by atoms with E-state index in [0.717, 1.165) is 50.0 Å². The lowest BCUT2D eigenvalue weighted by atomic mass is 9.71. The molecule has 2 fully saturated rings. The first-order valence-corrected chi connectivity index (χ1v) is 9.69. The summed E-state index contributed by atoms with van der Waals surface area (Å²) in [5.74, 6) is 0.177. The van der Waals surface area contributed by atoms with Crippen LogP contribution in [0, 0.1) is 17.8 Å². The molecular formula is C21H25N3O3. The topological polar surface area (TPSA) is 75.4 Å². The predicted molar refractivity (Wildman–Crippen MR) is 100 cm³/mol. The van der Waals surface area contributed by atoms with E-state index in [1.165, 1.54) is 0 Å². The summed E-state index contributed by atoms with van der Waals surface area (Å²) in [6.07, 6.45) is 7.38. The molecule has 1 saturated carbocycles. The first kappa shape index (κ1) is 17.8. The summed E-state index contributed by atoms with van der Waals surface area (Å²) in [5.41, 5.74) is 1.90. The molecule has 0 spiro atoms. The molecule has 0 radical (unpaired) electrons. The second-order valence-electron chi connectivity index (χ2n) is 7.80. The number of carboxylic acids is 1. The van der Waals surface area contributed by atoms with Crippen LogP contribution in [0.25, 0.3) is 5.69 Å². The standard InChI is InChI=1S/C21H25N3O3/c25-20(10-15-12-22-24(13-15)19-4-2-1-3-5-19)23-9-8-16-11-17(21(26)27)6-7-18(16)14-23/h1-5,12-13,16-18H,6-11,14H2,(H,26,27). The minimum Gasteiger partial charge on any atom is -0.481 e. The smallest absolute Gasteiger partial charge is 0.306 e. The van der Waals surface area contributed by atoms with Crippen LogP contribution >= 0.6 is 0 Å². The van der Waals surface area contributed by atoms with Gasteiger partial charge in [0.2, 0.25) is 5.91 Å². The SMILES string of the molecule is O=C(O)C1CCC2CN(C(=O)Cc3cnn(-c4ccccc4)c3)CCC2C1. The number of carbonyl (C=O) groups is 2. The van der Waals surface area contributed by atoms with Crippen LogP contribution in [0.1, 0.15) is 31.2 Å². The van der Waals surface area contributed by atoms with Gasteiger partial charge in [-0.15, -0.1) is 0 Å². The zero-order chi connectivity index (χ0) is 18.8. The van der Waals surface area contributed by atoms with E-state index in [2.05, 4.69) is 5.10 Å². The Morgan fingerprint density at radius 3 is 2.70 bits per heavy atom. The van der Waals surface area contributed by atoms with Gasteiger partial charge in [-0.3, -0.25) is 9.59 Å². The van der Waals surface area contributed by atoms with Gasteiger partial charge in [0.05, 0.1) is 24.2 Å². The fourth-order valence-electron chi connectivity index (χ4n) is 4.53. The number of piperidine rings is 1. The van der Waals surface area contributed by atoms with Crippen LogP contribution in [-0.4, -0.2) is 44.8 Å². The lowest BCUT2D eigenvalue weighted by Gasteiger charge is -2.42. The van der Waals surface area contributed by atoms with Crippen LogP contribution in [0.5, 0.6) is 0 Å². The second kappa shape index (κ2) is 7.55. The van der Waals surface area contributed by atoms with E-state index in [4.69, 9.17) is 0 Å². The van der Waals surface area contributed by atoms with Crippen molar-refractivity contribution in [2.24, 2.45) is 17.8 Å². The Kier molecular flexibility index (Phi) is 4.97. The lowest BCUT2D eigenvalue weighted by molar-refractivity contribution is -0.145. The maximum absolute atomic E-state index is 12.8. The van der Waals surface area contributed by atoms with Gasteiger partial charge in [0.1, 0.15) is 0 Å². The van der Waals surface area contributed by atoms with Crippen LogP contribution in [0.2, 0.25) is 0 Å². The molecule has 1 saturated heterocycles. The number of rotatable bonds is 4. The number of fused-ring (bicyclic) bond motifs is 1. The van der Waals surface area contributed by atoms with Crippen LogP contribution in [0.4, 0.5) is 0 Å². The van der Waals surface area contributed by atoms with Crippen LogP contribution < -0.4 is 0 Å². The molecule has 1 aliphatic carbocycles. The van der Waals surface area contributed by atoms with Crippen molar-refractivity contribution in [1.82, 2.24) is 14.7 Å². The lowest BCUT2D eigenvalue weighted by Crippen LogP contribution is -2.46. The van der Waals surface area contributed by atoms with E-state index in [9.17, 15) is 14.7 Å². The summed E-state index contributed by atoms with van der Waals surface area (Å²) in [6.45, 7) is 1.50. The van der Waals surface area contributed by atoms with Crippen molar-refractivity contribution in [3.63, 3.8) is 0 Å². The first-order valence-electron chi connectivity index (χ1n) is 9.69. The number of nitrogens with zero attached hydrogens (tertiary/aromatic N) is 3. The number of hydrogen-bond acceptors (Lipinski definition) is 3. The number of aliphatic carboxylic acids is 1. The number of carbonyl (C=O) groups excluding carboxylic acids is 1. The van der Waals surface area contributed by atoms with Crippen molar-refractivity contribution in [3.05, 3.63) is 48.3 Å². The Labute approximate surface area is 158 Å². The minimum absolute atomic E-state index is 0.140. The van der Waals surface area contributed by atoms with Crippen molar-refractivity contribution in [2.75, 3.05) is 13.1 Å². The molecule has 0 bridgehead atoms. The van der Waals surface area contributed by atoms with Gasteiger partial charge in [0.25, 0.3) is 0 Å². The van der Waals surface area contributed by atoms with Crippen LogP contribution in [0.3, 0.4) is 0 Å². The molecule has 2 aliphatic rings. The third kappa shape index (κ3) is 3.89. The van der Waals surface area contributed by atoms with E-state index in [-0.39, 0.29) is 11.8 Å². The molecule has 6 nitrogen and oxygen atoms in total. The number of benzene rings is 1. The summed E-state index contributed by atoms with van der Waals surface area (Å²) in [6, 6.07) is 9.86. The van der Waals surface area contributed by atoms with E-state index in [1.54, 1.807) is 10.9 Å². The average molecular weight is 367 g/mol. The highest BCUT2D eigenvalue weighted by molar-refractivity contribution is 5.78. The summed E-state index contributed by atoms with van der Waals surface area (Å²) in [5, 5.41) is 13.6. The maximum atomic E-state index is 12.8.